The fourth-order valence-corrected chi connectivity index (χ4v) is 1.91. The van der Waals surface area contributed by atoms with Crippen molar-refractivity contribution in [3.8, 4) is 0 Å². The second kappa shape index (κ2) is 11.3. The van der Waals surface area contributed by atoms with Crippen LogP contribution in [0, 0.1) is 11.8 Å². The van der Waals surface area contributed by atoms with Gasteiger partial charge < -0.3 is 4.74 Å². The number of carbonyl (C=O) groups excluding carboxylic acids is 1. The molecule has 0 heterocycles. The van der Waals surface area contributed by atoms with Crippen molar-refractivity contribution in [3.63, 3.8) is 0 Å². The van der Waals surface area contributed by atoms with Crippen LogP contribution in [0.5, 0.6) is 0 Å². The summed E-state index contributed by atoms with van der Waals surface area (Å²) in [6, 6.07) is 0. The van der Waals surface area contributed by atoms with Crippen molar-refractivity contribution < 1.29 is 22.7 Å². The zero-order valence-electron chi connectivity index (χ0n) is 13.8. The SMILES string of the molecule is CC(C=CCC(C)CCCC(C)C)=CC(=O)OC(F)C(F)F. The van der Waals surface area contributed by atoms with E-state index in [1.807, 2.05) is 6.08 Å². The van der Waals surface area contributed by atoms with E-state index in [1.165, 1.54) is 12.8 Å². The van der Waals surface area contributed by atoms with Crippen LogP contribution in [0.25, 0.3) is 0 Å². The van der Waals surface area contributed by atoms with Gasteiger partial charge in [-0.05, 0) is 30.8 Å². The van der Waals surface area contributed by atoms with Crippen LogP contribution in [0.2, 0.25) is 0 Å². The normalized spacial score (nSPS) is 15.6. The van der Waals surface area contributed by atoms with Gasteiger partial charge in [-0.1, -0.05) is 52.2 Å². The van der Waals surface area contributed by atoms with E-state index in [1.54, 1.807) is 13.0 Å². The molecule has 0 aliphatic heterocycles. The molecule has 0 radical (unpaired) electrons. The van der Waals surface area contributed by atoms with E-state index in [9.17, 15) is 18.0 Å². The standard InChI is InChI=1S/C17H27F3O2/c1-12(2)7-5-8-13(3)9-6-10-14(4)11-15(21)22-17(20)16(18)19/h6,10-13,16-17H,5,7-9H2,1-4H3. The molecule has 0 saturated heterocycles. The van der Waals surface area contributed by atoms with Crippen molar-refractivity contribution in [2.75, 3.05) is 0 Å². The van der Waals surface area contributed by atoms with Crippen LogP contribution in [0.3, 0.4) is 0 Å². The minimum absolute atomic E-state index is 0.542. The molecular formula is C17H27F3O2. The number of halogens is 3. The van der Waals surface area contributed by atoms with E-state index in [0.717, 1.165) is 18.9 Å². The van der Waals surface area contributed by atoms with Crippen molar-refractivity contribution in [1.29, 1.82) is 0 Å². The monoisotopic (exact) mass is 320 g/mol. The summed E-state index contributed by atoms with van der Waals surface area (Å²) in [7, 11) is 0. The zero-order chi connectivity index (χ0) is 17.1. The van der Waals surface area contributed by atoms with Crippen molar-refractivity contribution >= 4 is 5.97 Å². The van der Waals surface area contributed by atoms with Crippen molar-refractivity contribution in [2.45, 2.75) is 66.2 Å². The highest BCUT2D eigenvalue weighted by Crippen LogP contribution is 2.16. The topological polar surface area (TPSA) is 26.3 Å². The number of rotatable bonds is 10. The predicted octanol–water partition coefficient (Wildman–Crippen LogP) is 5.45. The Labute approximate surface area is 131 Å². The Morgan fingerprint density at radius 3 is 2.32 bits per heavy atom. The lowest BCUT2D eigenvalue weighted by Crippen LogP contribution is -2.19. The summed E-state index contributed by atoms with van der Waals surface area (Å²) in [5.74, 6) is 0.162. The van der Waals surface area contributed by atoms with Gasteiger partial charge in [-0.15, -0.1) is 0 Å². The molecule has 2 unspecified atom stereocenters. The number of allylic oxidation sites excluding steroid dienone is 3. The molecule has 0 aliphatic rings. The minimum Gasteiger partial charge on any atom is -0.422 e. The van der Waals surface area contributed by atoms with Gasteiger partial charge in [0.15, 0.2) is 0 Å². The first-order chi connectivity index (χ1) is 10.2. The lowest BCUT2D eigenvalue weighted by Gasteiger charge is -2.09. The van der Waals surface area contributed by atoms with Crippen LogP contribution in [0.15, 0.2) is 23.8 Å². The smallest absolute Gasteiger partial charge is 0.333 e. The van der Waals surface area contributed by atoms with Crippen LogP contribution in [0.1, 0.15) is 53.4 Å². The van der Waals surface area contributed by atoms with Crippen LogP contribution in [0.4, 0.5) is 13.2 Å². The zero-order valence-corrected chi connectivity index (χ0v) is 13.8. The predicted molar refractivity (Wildman–Crippen MR) is 82.4 cm³/mol. The van der Waals surface area contributed by atoms with Gasteiger partial charge in [0.1, 0.15) is 0 Å². The Bertz CT molecular complexity index is 376. The summed E-state index contributed by atoms with van der Waals surface area (Å²) in [6.45, 7) is 8.20. The van der Waals surface area contributed by atoms with Gasteiger partial charge in [-0.2, -0.15) is 4.39 Å². The molecule has 128 valence electrons. The first-order valence-electron chi connectivity index (χ1n) is 7.70. The summed E-state index contributed by atoms with van der Waals surface area (Å²) in [6.07, 6.45) is 2.89. The molecule has 0 aromatic heterocycles. The number of esters is 1. The van der Waals surface area contributed by atoms with Crippen molar-refractivity contribution in [2.24, 2.45) is 11.8 Å². The van der Waals surface area contributed by atoms with E-state index in [4.69, 9.17) is 0 Å². The number of alkyl halides is 3. The molecule has 2 atom stereocenters. The summed E-state index contributed by atoms with van der Waals surface area (Å²) < 4.78 is 40.2. The van der Waals surface area contributed by atoms with Gasteiger partial charge >= 0.3 is 18.8 Å². The van der Waals surface area contributed by atoms with Gasteiger partial charge in [-0.25, -0.2) is 13.6 Å². The fourth-order valence-electron chi connectivity index (χ4n) is 1.91. The van der Waals surface area contributed by atoms with Gasteiger partial charge in [0.25, 0.3) is 0 Å². The third kappa shape index (κ3) is 11.4. The lowest BCUT2D eigenvalue weighted by molar-refractivity contribution is -0.168. The maximum atomic E-state index is 12.5. The van der Waals surface area contributed by atoms with E-state index >= 15 is 0 Å². The van der Waals surface area contributed by atoms with Gasteiger partial charge in [-0.3, -0.25) is 0 Å². The Hall–Kier alpha value is -1.26. The van der Waals surface area contributed by atoms with Gasteiger partial charge in [0, 0.05) is 6.08 Å². The molecule has 0 saturated carbocycles. The number of ether oxygens (including phenoxy) is 1. The Balaban J connectivity index is 4.10. The molecule has 0 N–H and O–H groups in total. The quantitative estimate of drug-likeness (QED) is 0.304. The Kier molecular flexibility index (Phi) is 10.7. The van der Waals surface area contributed by atoms with Gasteiger partial charge in [0.2, 0.25) is 0 Å². The van der Waals surface area contributed by atoms with E-state index in [-0.39, 0.29) is 0 Å². The molecule has 0 spiro atoms. The molecule has 0 aromatic carbocycles. The average molecular weight is 320 g/mol. The Morgan fingerprint density at radius 1 is 1.14 bits per heavy atom. The molecule has 0 bridgehead atoms. The van der Waals surface area contributed by atoms with Crippen LogP contribution < -0.4 is 0 Å². The van der Waals surface area contributed by atoms with Crippen molar-refractivity contribution in [1.82, 2.24) is 0 Å². The summed E-state index contributed by atoms with van der Waals surface area (Å²) >= 11 is 0. The van der Waals surface area contributed by atoms with E-state index in [0.29, 0.717) is 17.4 Å². The first kappa shape index (κ1) is 20.7. The summed E-state index contributed by atoms with van der Waals surface area (Å²) in [5, 5.41) is 0. The molecule has 0 aliphatic carbocycles. The highest BCUT2D eigenvalue weighted by atomic mass is 19.3. The molecule has 2 nitrogen and oxygen atoms in total. The lowest BCUT2D eigenvalue weighted by atomic mass is 9.97. The van der Waals surface area contributed by atoms with E-state index in [2.05, 4.69) is 25.5 Å². The number of hydrogen-bond acceptors (Lipinski definition) is 2. The van der Waals surface area contributed by atoms with Crippen LogP contribution >= 0.6 is 0 Å². The van der Waals surface area contributed by atoms with Gasteiger partial charge in [0.05, 0.1) is 0 Å². The second-order valence-corrected chi connectivity index (χ2v) is 6.08. The largest absolute Gasteiger partial charge is 0.422 e. The fraction of sp³-hybridized carbons (Fsp3) is 0.706. The molecule has 0 amide bonds. The van der Waals surface area contributed by atoms with Crippen molar-refractivity contribution in [3.05, 3.63) is 23.8 Å². The van der Waals surface area contributed by atoms with Crippen LogP contribution in [-0.2, 0) is 9.53 Å². The number of hydrogen-bond donors (Lipinski definition) is 0. The second-order valence-electron chi connectivity index (χ2n) is 6.08. The maximum absolute atomic E-state index is 12.5. The molecule has 0 fully saturated rings. The third-order valence-corrected chi connectivity index (χ3v) is 3.17. The number of carbonyl (C=O) groups is 1. The summed E-state index contributed by atoms with van der Waals surface area (Å²) in [4.78, 5) is 11.2. The molecular weight excluding hydrogens is 293 g/mol. The molecule has 0 aromatic rings. The highest BCUT2D eigenvalue weighted by Gasteiger charge is 2.22. The molecule has 22 heavy (non-hydrogen) atoms. The third-order valence-electron chi connectivity index (χ3n) is 3.17. The average Bonchev–Trinajstić information content (AvgIpc) is 2.37. The maximum Gasteiger partial charge on any atom is 0.333 e. The Morgan fingerprint density at radius 2 is 1.77 bits per heavy atom. The molecule has 5 heteroatoms. The minimum atomic E-state index is -3.32. The highest BCUT2D eigenvalue weighted by molar-refractivity contribution is 5.83. The van der Waals surface area contributed by atoms with E-state index < -0.39 is 18.8 Å². The van der Waals surface area contributed by atoms with Crippen LogP contribution in [-0.4, -0.2) is 18.8 Å². The first-order valence-corrected chi connectivity index (χ1v) is 7.70. The molecule has 0 rings (SSSR count). The summed E-state index contributed by atoms with van der Waals surface area (Å²) in [5.41, 5.74) is 0.542.